The van der Waals surface area contributed by atoms with Crippen molar-refractivity contribution in [3.8, 4) is 0 Å². The lowest BCUT2D eigenvalue weighted by Crippen LogP contribution is -2.28. The summed E-state index contributed by atoms with van der Waals surface area (Å²) >= 11 is 3.34. The van der Waals surface area contributed by atoms with Crippen LogP contribution in [0.2, 0.25) is 0 Å². The summed E-state index contributed by atoms with van der Waals surface area (Å²) in [5.74, 6) is -0.229. The lowest BCUT2D eigenvalue weighted by Gasteiger charge is -2.19. The minimum Gasteiger partial charge on any atom is -0.325 e. The molecule has 0 fully saturated rings. The molecular weight excluding hydrogens is 356 g/mol. The number of nitrogens with one attached hydrogen (secondary N) is 1. The van der Waals surface area contributed by atoms with Crippen molar-refractivity contribution in [3.05, 3.63) is 62.5 Å². The smallest absolute Gasteiger partial charge is 0.253 e. The Morgan fingerprint density at radius 2 is 1.83 bits per heavy atom. The van der Waals surface area contributed by atoms with E-state index in [2.05, 4.69) is 42.0 Å². The molecule has 4 nitrogen and oxygen atoms in total. The van der Waals surface area contributed by atoms with Gasteiger partial charge >= 0.3 is 0 Å². The predicted octanol–water partition coefficient (Wildman–Crippen LogP) is 3.86. The molecule has 0 bridgehead atoms. The molecule has 1 amide bonds. The Hall–Kier alpha value is -1.88. The number of carbonyl (C=O) groups is 1. The molecule has 1 aromatic carbocycles. The monoisotopic (exact) mass is 376 g/mol. The molecule has 122 valence electrons. The van der Waals surface area contributed by atoms with Gasteiger partial charge in [0.15, 0.2) is 0 Å². The summed E-state index contributed by atoms with van der Waals surface area (Å²) in [7, 11) is 0. The van der Waals surface area contributed by atoms with Crippen LogP contribution in [0.3, 0.4) is 0 Å². The van der Waals surface area contributed by atoms with Crippen LogP contribution in [0.4, 0.5) is 5.69 Å². The largest absolute Gasteiger partial charge is 0.325 e. The summed E-state index contributed by atoms with van der Waals surface area (Å²) in [6.07, 6.45) is 1.62. The molecule has 23 heavy (non-hydrogen) atoms. The van der Waals surface area contributed by atoms with Crippen LogP contribution in [0.1, 0.15) is 31.9 Å². The van der Waals surface area contributed by atoms with Gasteiger partial charge in [0.1, 0.15) is 6.54 Å². The molecule has 0 unspecified atom stereocenters. The molecule has 0 aliphatic heterocycles. The number of aryl methyl sites for hydroxylation is 1. The van der Waals surface area contributed by atoms with Crippen molar-refractivity contribution in [3.63, 3.8) is 0 Å². The Balaban J connectivity index is 2.10. The van der Waals surface area contributed by atoms with Gasteiger partial charge in [-0.1, -0.05) is 32.9 Å². The van der Waals surface area contributed by atoms with E-state index in [1.54, 1.807) is 19.2 Å². The molecule has 5 heteroatoms. The van der Waals surface area contributed by atoms with Crippen molar-refractivity contribution in [1.29, 1.82) is 0 Å². The van der Waals surface area contributed by atoms with Gasteiger partial charge in [-0.3, -0.25) is 9.59 Å². The molecule has 0 spiro atoms. The molecule has 0 atom stereocenters. The zero-order valence-electron chi connectivity index (χ0n) is 13.8. The first-order valence-electron chi connectivity index (χ1n) is 7.44. The molecule has 2 rings (SSSR count). The normalized spacial score (nSPS) is 11.3. The number of benzene rings is 1. The van der Waals surface area contributed by atoms with Crippen LogP contribution in [0.15, 0.2) is 45.8 Å². The topological polar surface area (TPSA) is 51.1 Å². The molecule has 0 saturated heterocycles. The van der Waals surface area contributed by atoms with E-state index >= 15 is 0 Å². The minimum absolute atomic E-state index is 0.0138. The molecule has 1 heterocycles. The van der Waals surface area contributed by atoms with E-state index in [0.29, 0.717) is 5.56 Å². The summed E-state index contributed by atoms with van der Waals surface area (Å²) in [5.41, 5.74) is 2.44. The molecule has 0 aliphatic rings. The van der Waals surface area contributed by atoms with E-state index in [1.807, 2.05) is 24.3 Å². The van der Waals surface area contributed by atoms with Crippen LogP contribution in [0.5, 0.6) is 0 Å². The third kappa shape index (κ3) is 4.55. The first-order valence-corrected chi connectivity index (χ1v) is 8.23. The second-order valence-corrected chi connectivity index (χ2v) is 7.57. The maximum Gasteiger partial charge on any atom is 0.253 e. The SMILES string of the molecule is Cc1cc(Br)cn(CC(=O)Nc2ccc(C(C)(C)C)cc2)c1=O. The number of rotatable bonds is 3. The molecule has 1 N–H and O–H groups in total. The average molecular weight is 377 g/mol. The highest BCUT2D eigenvalue weighted by Crippen LogP contribution is 2.23. The van der Waals surface area contributed by atoms with Crippen LogP contribution in [0, 0.1) is 6.92 Å². The number of aromatic nitrogens is 1. The van der Waals surface area contributed by atoms with Crippen molar-refractivity contribution in [1.82, 2.24) is 4.57 Å². The highest BCUT2D eigenvalue weighted by Gasteiger charge is 2.13. The highest BCUT2D eigenvalue weighted by molar-refractivity contribution is 9.10. The van der Waals surface area contributed by atoms with Crippen LogP contribution in [-0.2, 0) is 16.8 Å². The van der Waals surface area contributed by atoms with E-state index in [9.17, 15) is 9.59 Å². The Bertz CT molecular complexity index is 771. The van der Waals surface area contributed by atoms with Crippen LogP contribution in [-0.4, -0.2) is 10.5 Å². The Morgan fingerprint density at radius 3 is 2.39 bits per heavy atom. The highest BCUT2D eigenvalue weighted by atomic mass is 79.9. The van der Waals surface area contributed by atoms with Crippen LogP contribution in [0.25, 0.3) is 0 Å². The third-order valence-corrected chi connectivity index (χ3v) is 4.01. The van der Waals surface area contributed by atoms with E-state index in [1.165, 1.54) is 10.1 Å². The number of halogens is 1. The van der Waals surface area contributed by atoms with Gasteiger partial charge in [-0.25, -0.2) is 0 Å². The van der Waals surface area contributed by atoms with Crippen molar-refractivity contribution in [2.45, 2.75) is 39.7 Å². The third-order valence-electron chi connectivity index (χ3n) is 3.58. The maximum absolute atomic E-state index is 12.2. The summed E-state index contributed by atoms with van der Waals surface area (Å²) in [6.45, 7) is 8.14. The van der Waals surface area contributed by atoms with Crippen molar-refractivity contribution in [2.75, 3.05) is 5.32 Å². The molecule has 1 aromatic heterocycles. The second kappa shape index (κ2) is 6.71. The number of anilines is 1. The summed E-state index contributed by atoms with van der Waals surface area (Å²) in [6, 6.07) is 9.51. The summed E-state index contributed by atoms with van der Waals surface area (Å²) in [5, 5.41) is 2.82. The van der Waals surface area contributed by atoms with E-state index in [-0.39, 0.29) is 23.4 Å². The number of hydrogen-bond acceptors (Lipinski definition) is 2. The quantitative estimate of drug-likeness (QED) is 0.883. The van der Waals surface area contributed by atoms with E-state index < -0.39 is 0 Å². The first kappa shape index (κ1) is 17.5. The van der Waals surface area contributed by atoms with Crippen molar-refractivity contribution >= 4 is 27.5 Å². The number of nitrogens with zero attached hydrogens (tertiary/aromatic N) is 1. The van der Waals surface area contributed by atoms with Gasteiger partial charge in [0.25, 0.3) is 5.56 Å². The fourth-order valence-electron chi connectivity index (χ4n) is 2.27. The van der Waals surface area contributed by atoms with E-state index in [0.717, 1.165) is 10.2 Å². The van der Waals surface area contributed by atoms with Crippen molar-refractivity contribution in [2.24, 2.45) is 0 Å². The fraction of sp³-hybridized carbons (Fsp3) is 0.333. The maximum atomic E-state index is 12.2. The Morgan fingerprint density at radius 1 is 1.22 bits per heavy atom. The standard InChI is InChI=1S/C18H21BrN2O2/c1-12-9-14(19)10-21(17(12)23)11-16(22)20-15-7-5-13(6-8-15)18(2,3)4/h5-10H,11H2,1-4H3,(H,20,22). The van der Waals surface area contributed by atoms with Gasteiger partial charge in [-0.05, 0) is 52.0 Å². The van der Waals surface area contributed by atoms with Crippen LogP contribution >= 0.6 is 15.9 Å². The number of pyridine rings is 1. The lowest BCUT2D eigenvalue weighted by atomic mass is 9.87. The summed E-state index contributed by atoms with van der Waals surface area (Å²) < 4.78 is 2.18. The first-order chi connectivity index (χ1) is 10.7. The Labute approximate surface area is 144 Å². The van der Waals surface area contributed by atoms with Crippen molar-refractivity contribution < 1.29 is 4.79 Å². The van der Waals surface area contributed by atoms with Gasteiger partial charge in [0, 0.05) is 21.9 Å². The molecule has 0 saturated carbocycles. The molecule has 2 aromatic rings. The number of carbonyl (C=O) groups excluding carboxylic acids is 1. The fourth-order valence-corrected chi connectivity index (χ4v) is 2.86. The van der Waals surface area contributed by atoms with Gasteiger partial charge in [-0.2, -0.15) is 0 Å². The zero-order valence-corrected chi connectivity index (χ0v) is 15.4. The lowest BCUT2D eigenvalue weighted by molar-refractivity contribution is -0.116. The van der Waals surface area contributed by atoms with Crippen LogP contribution < -0.4 is 10.9 Å². The minimum atomic E-state index is -0.229. The van der Waals surface area contributed by atoms with Gasteiger partial charge < -0.3 is 9.88 Å². The number of amides is 1. The van der Waals surface area contributed by atoms with Gasteiger partial charge in [-0.15, -0.1) is 0 Å². The summed E-state index contributed by atoms with van der Waals surface area (Å²) in [4.78, 5) is 24.2. The number of hydrogen-bond donors (Lipinski definition) is 1. The zero-order chi connectivity index (χ0) is 17.2. The Kier molecular flexibility index (Phi) is 5.09. The molecular formula is C18H21BrN2O2. The van der Waals surface area contributed by atoms with Gasteiger partial charge in [0.05, 0.1) is 0 Å². The van der Waals surface area contributed by atoms with E-state index in [4.69, 9.17) is 0 Å². The molecule has 0 radical (unpaired) electrons. The predicted molar refractivity (Wildman–Crippen MR) is 96.9 cm³/mol. The van der Waals surface area contributed by atoms with Gasteiger partial charge in [0.2, 0.25) is 5.91 Å². The molecule has 0 aliphatic carbocycles. The second-order valence-electron chi connectivity index (χ2n) is 6.65. The average Bonchev–Trinajstić information content (AvgIpc) is 2.43.